The van der Waals surface area contributed by atoms with E-state index in [4.69, 9.17) is 13.7 Å². The molecule has 0 saturated heterocycles. The van der Waals surface area contributed by atoms with Crippen molar-refractivity contribution in [3.05, 3.63) is 69.3 Å². The molecule has 1 aliphatic heterocycles. The van der Waals surface area contributed by atoms with E-state index in [0.717, 1.165) is 41.5 Å². The van der Waals surface area contributed by atoms with Crippen LogP contribution >= 0.6 is 0 Å². The molecule has 0 aromatic heterocycles. The minimum atomic E-state index is -4.20. The van der Waals surface area contributed by atoms with Crippen LogP contribution in [-0.2, 0) is 43.8 Å². The lowest BCUT2D eigenvalue weighted by molar-refractivity contribution is -0.146. The third-order valence-electron chi connectivity index (χ3n) is 7.71. The van der Waals surface area contributed by atoms with Crippen LogP contribution in [0.25, 0.3) is 0 Å². The van der Waals surface area contributed by atoms with Gasteiger partial charge < -0.3 is 13.7 Å². The molecule has 2 unspecified atom stereocenters. The van der Waals surface area contributed by atoms with E-state index in [1.807, 2.05) is 33.8 Å². The molecule has 0 spiro atoms. The van der Waals surface area contributed by atoms with Gasteiger partial charge in [-0.1, -0.05) is 42.7 Å². The van der Waals surface area contributed by atoms with Gasteiger partial charge in [-0.2, -0.15) is 8.42 Å². The van der Waals surface area contributed by atoms with Gasteiger partial charge >= 0.3 is 22.1 Å². The maximum Gasteiger partial charge on any atom is 0.342 e. The van der Waals surface area contributed by atoms with E-state index in [2.05, 4.69) is 0 Å². The van der Waals surface area contributed by atoms with Gasteiger partial charge in [0.1, 0.15) is 17.1 Å². The molecule has 1 heterocycles. The molecule has 0 N–H and O–H groups in total. The number of allylic oxidation sites excluding steroid dienone is 2. The molecule has 1 aliphatic carbocycles. The average molecular weight is 527 g/mol. The predicted molar refractivity (Wildman–Crippen MR) is 139 cm³/mol. The number of rotatable bonds is 8. The first-order chi connectivity index (χ1) is 17.6. The van der Waals surface area contributed by atoms with Crippen molar-refractivity contribution in [2.75, 3.05) is 7.11 Å². The Balaban J connectivity index is 1.80. The molecule has 2 aromatic rings. The van der Waals surface area contributed by atoms with Crippen LogP contribution in [0.5, 0.6) is 5.75 Å². The lowest BCUT2D eigenvalue weighted by Crippen LogP contribution is -2.21. The first kappa shape index (κ1) is 26.9. The molecule has 8 heteroatoms. The highest BCUT2D eigenvalue weighted by Gasteiger charge is 2.36. The second-order valence-electron chi connectivity index (χ2n) is 9.86. The zero-order chi connectivity index (χ0) is 26.9. The van der Waals surface area contributed by atoms with Gasteiger partial charge in [0.05, 0.1) is 13.0 Å². The zero-order valence-electron chi connectivity index (χ0n) is 22.1. The van der Waals surface area contributed by atoms with Gasteiger partial charge in [-0.25, -0.2) is 4.79 Å². The van der Waals surface area contributed by atoms with Crippen LogP contribution in [-0.4, -0.2) is 27.5 Å². The van der Waals surface area contributed by atoms with Crippen LogP contribution < -0.4 is 4.18 Å². The highest BCUT2D eigenvalue weighted by molar-refractivity contribution is 7.87. The van der Waals surface area contributed by atoms with Crippen LogP contribution in [0.15, 0.2) is 40.8 Å². The highest BCUT2D eigenvalue weighted by Crippen LogP contribution is 2.42. The second kappa shape index (κ2) is 10.7. The minimum absolute atomic E-state index is 0.0152. The van der Waals surface area contributed by atoms with Crippen molar-refractivity contribution in [2.24, 2.45) is 11.8 Å². The van der Waals surface area contributed by atoms with Gasteiger partial charge in [0.2, 0.25) is 0 Å². The summed E-state index contributed by atoms with van der Waals surface area (Å²) in [6, 6.07) is 6.39. The Morgan fingerprint density at radius 3 is 2.43 bits per heavy atom. The molecule has 198 valence electrons. The van der Waals surface area contributed by atoms with Crippen LogP contribution in [0.4, 0.5) is 0 Å². The molecule has 2 atom stereocenters. The van der Waals surface area contributed by atoms with Crippen molar-refractivity contribution in [1.82, 2.24) is 0 Å². The Bertz CT molecular complexity index is 1350. The Labute approximate surface area is 218 Å². The maximum absolute atomic E-state index is 13.3. The molecule has 37 heavy (non-hydrogen) atoms. The summed E-state index contributed by atoms with van der Waals surface area (Å²) < 4.78 is 42.7. The fraction of sp³-hybridized carbons (Fsp3) is 0.448. The SMILES string of the molecule is CCc1c(C)c2c(c(OS(=O)(=O)c3ccc(C)cc3)c1C/C=C(\C)C1CCCC1C(=O)OC)C(=O)OC2. The number of methoxy groups -OCH3 is 1. The van der Waals surface area contributed by atoms with E-state index >= 15 is 0 Å². The van der Waals surface area contributed by atoms with E-state index < -0.39 is 16.1 Å². The molecule has 0 amide bonds. The van der Waals surface area contributed by atoms with Gasteiger partial charge in [0, 0.05) is 11.1 Å². The largest absolute Gasteiger partial charge is 0.469 e. The second-order valence-corrected chi connectivity index (χ2v) is 11.4. The molecule has 2 aliphatic rings. The molecule has 0 bridgehead atoms. The minimum Gasteiger partial charge on any atom is -0.469 e. The number of hydrogen-bond donors (Lipinski definition) is 0. The maximum atomic E-state index is 13.3. The number of cyclic esters (lactones) is 1. The number of carbonyl (C=O) groups excluding carboxylic acids is 2. The fourth-order valence-corrected chi connectivity index (χ4v) is 6.60. The lowest BCUT2D eigenvalue weighted by atomic mass is 9.86. The highest BCUT2D eigenvalue weighted by atomic mass is 32.2. The number of fused-ring (bicyclic) bond motifs is 1. The number of hydrogen-bond acceptors (Lipinski definition) is 7. The predicted octanol–water partition coefficient (Wildman–Crippen LogP) is 5.38. The average Bonchev–Trinajstić information content (AvgIpc) is 3.51. The Morgan fingerprint density at radius 2 is 1.78 bits per heavy atom. The molecule has 7 nitrogen and oxygen atoms in total. The fourth-order valence-electron chi connectivity index (χ4n) is 5.63. The van der Waals surface area contributed by atoms with Gasteiger partial charge in [0.15, 0.2) is 5.75 Å². The number of esters is 2. The van der Waals surface area contributed by atoms with E-state index in [-0.39, 0.29) is 40.6 Å². The van der Waals surface area contributed by atoms with Crippen molar-refractivity contribution < 1.29 is 31.7 Å². The zero-order valence-corrected chi connectivity index (χ0v) is 22.9. The van der Waals surface area contributed by atoms with Crippen molar-refractivity contribution >= 4 is 22.1 Å². The van der Waals surface area contributed by atoms with Crippen molar-refractivity contribution in [2.45, 2.75) is 71.3 Å². The number of carbonyl (C=O) groups is 2. The van der Waals surface area contributed by atoms with Gasteiger partial charge in [0.25, 0.3) is 0 Å². The van der Waals surface area contributed by atoms with E-state index in [1.165, 1.54) is 19.2 Å². The summed E-state index contributed by atoms with van der Waals surface area (Å²) in [6.07, 6.45) is 5.64. The smallest absolute Gasteiger partial charge is 0.342 e. The van der Waals surface area contributed by atoms with Gasteiger partial charge in [-0.3, -0.25) is 4.79 Å². The monoisotopic (exact) mass is 526 g/mol. The molecule has 1 fully saturated rings. The Morgan fingerprint density at radius 1 is 1.11 bits per heavy atom. The number of ether oxygens (including phenoxy) is 2. The van der Waals surface area contributed by atoms with Crippen LogP contribution in [0, 0.1) is 25.7 Å². The van der Waals surface area contributed by atoms with Gasteiger partial charge in [-0.15, -0.1) is 0 Å². The molecule has 0 radical (unpaired) electrons. The summed E-state index contributed by atoms with van der Waals surface area (Å²) in [5.41, 5.74) is 5.32. The molecule has 2 aromatic carbocycles. The van der Waals surface area contributed by atoms with Crippen molar-refractivity contribution in [1.29, 1.82) is 0 Å². The summed E-state index contributed by atoms with van der Waals surface area (Å²) in [6.45, 7) is 7.88. The summed E-state index contributed by atoms with van der Waals surface area (Å²) in [5.74, 6) is -0.854. The molecule has 1 saturated carbocycles. The van der Waals surface area contributed by atoms with E-state index in [9.17, 15) is 18.0 Å². The summed E-state index contributed by atoms with van der Waals surface area (Å²) in [5, 5.41) is 0. The van der Waals surface area contributed by atoms with Crippen LogP contribution in [0.3, 0.4) is 0 Å². The van der Waals surface area contributed by atoms with E-state index in [0.29, 0.717) is 24.0 Å². The van der Waals surface area contributed by atoms with Gasteiger partial charge in [-0.05, 0) is 75.6 Å². The third kappa shape index (κ3) is 5.17. The normalized spacial score (nSPS) is 19.5. The lowest BCUT2D eigenvalue weighted by Gasteiger charge is -2.21. The molecular weight excluding hydrogens is 492 g/mol. The standard InChI is InChI=1S/C29H34O7S/c1-6-21-19(4)25-16-35-29(31)26(25)27(36-37(32,33)20-13-10-17(2)11-14-20)23(21)15-12-18(3)22-8-7-9-24(22)28(30)34-5/h10-14,22,24H,6-9,15-16H2,1-5H3/b18-12+. The number of aryl methyl sites for hydroxylation is 1. The van der Waals surface area contributed by atoms with Crippen LogP contribution in [0.2, 0.25) is 0 Å². The Hall–Kier alpha value is -3.13. The first-order valence-corrected chi connectivity index (χ1v) is 14.1. The first-order valence-electron chi connectivity index (χ1n) is 12.7. The van der Waals surface area contributed by atoms with Crippen LogP contribution in [0.1, 0.15) is 71.3 Å². The third-order valence-corrected chi connectivity index (χ3v) is 8.95. The summed E-state index contributed by atoms with van der Waals surface area (Å²) in [7, 11) is -2.79. The van der Waals surface area contributed by atoms with Crippen molar-refractivity contribution in [3.63, 3.8) is 0 Å². The van der Waals surface area contributed by atoms with Crippen molar-refractivity contribution in [3.8, 4) is 5.75 Å². The van der Waals surface area contributed by atoms with E-state index in [1.54, 1.807) is 12.1 Å². The quantitative estimate of drug-likeness (QED) is 0.259. The topological polar surface area (TPSA) is 96.0 Å². The molecular formula is C29H34O7S. The molecule has 4 rings (SSSR count). The summed E-state index contributed by atoms with van der Waals surface area (Å²) >= 11 is 0. The number of benzene rings is 2. The summed E-state index contributed by atoms with van der Waals surface area (Å²) in [4.78, 5) is 25.1. The Kier molecular flexibility index (Phi) is 7.78.